The van der Waals surface area contributed by atoms with Crippen LogP contribution in [0.3, 0.4) is 0 Å². The average molecular weight is 387 g/mol. The molecular formula is C15H19BrN2OS2. The number of amides is 1. The van der Waals surface area contributed by atoms with Crippen LogP contribution in [0.4, 0.5) is 0 Å². The van der Waals surface area contributed by atoms with Gasteiger partial charge in [-0.25, -0.2) is 0 Å². The second kappa shape index (κ2) is 6.67. The molecule has 0 bridgehead atoms. The Labute approximate surface area is 143 Å². The van der Waals surface area contributed by atoms with Gasteiger partial charge in [0.25, 0.3) is 5.91 Å². The van der Waals surface area contributed by atoms with Gasteiger partial charge in [-0.05, 0) is 43.7 Å². The summed E-state index contributed by atoms with van der Waals surface area (Å²) in [7, 11) is 0. The first-order chi connectivity index (χ1) is 9.91. The third-order valence-corrected chi connectivity index (χ3v) is 6.98. The number of benzene rings is 1. The van der Waals surface area contributed by atoms with Crippen LogP contribution < -0.4 is 5.73 Å². The molecule has 114 valence electrons. The summed E-state index contributed by atoms with van der Waals surface area (Å²) in [5.74, 6) is 0.0893. The molecule has 0 atom stereocenters. The van der Waals surface area contributed by atoms with Crippen LogP contribution in [-0.2, 0) is 0 Å². The number of thiocarbonyl (C=S) groups is 1. The Morgan fingerprint density at radius 2 is 2.05 bits per heavy atom. The van der Waals surface area contributed by atoms with E-state index in [1.807, 2.05) is 36.3 Å². The van der Waals surface area contributed by atoms with Gasteiger partial charge in [0, 0.05) is 23.1 Å². The third kappa shape index (κ3) is 3.27. The van der Waals surface area contributed by atoms with Gasteiger partial charge < -0.3 is 10.6 Å². The second-order valence-corrected chi connectivity index (χ2v) is 7.75. The fourth-order valence-electron chi connectivity index (χ4n) is 2.63. The predicted molar refractivity (Wildman–Crippen MR) is 97.0 cm³/mol. The van der Waals surface area contributed by atoms with Crippen LogP contribution in [0.15, 0.2) is 22.7 Å². The Balaban J connectivity index is 2.14. The van der Waals surface area contributed by atoms with E-state index in [0.29, 0.717) is 18.1 Å². The highest BCUT2D eigenvalue weighted by molar-refractivity contribution is 9.10. The van der Waals surface area contributed by atoms with Crippen molar-refractivity contribution in [2.45, 2.75) is 24.5 Å². The van der Waals surface area contributed by atoms with Gasteiger partial charge in [0.05, 0.1) is 9.74 Å². The molecular weight excluding hydrogens is 368 g/mol. The van der Waals surface area contributed by atoms with Crippen molar-refractivity contribution in [2.24, 2.45) is 5.73 Å². The van der Waals surface area contributed by atoms with E-state index in [-0.39, 0.29) is 10.7 Å². The first-order valence-corrected chi connectivity index (χ1v) is 9.23. The lowest BCUT2D eigenvalue weighted by molar-refractivity contribution is 0.0718. The Morgan fingerprint density at radius 1 is 1.43 bits per heavy atom. The summed E-state index contributed by atoms with van der Waals surface area (Å²) in [5, 5.41) is 0. The molecule has 0 saturated carbocycles. The second-order valence-electron chi connectivity index (χ2n) is 5.27. The quantitative estimate of drug-likeness (QED) is 0.808. The van der Waals surface area contributed by atoms with Crippen LogP contribution in [0.1, 0.15) is 28.8 Å². The normalized spacial score (nSPS) is 17.6. The van der Waals surface area contributed by atoms with Crippen LogP contribution in [0.25, 0.3) is 0 Å². The molecule has 1 aromatic rings. The molecule has 0 aromatic heterocycles. The number of hydrogen-bond donors (Lipinski definition) is 1. The van der Waals surface area contributed by atoms with E-state index in [1.165, 1.54) is 0 Å². The molecule has 0 radical (unpaired) electrons. The molecule has 21 heavy (non-hydrogen) atoms. The molecule has 1 amide bonds. The smallest absolute Gasteiger partial charge is 0.254 e. The zero-order valence-corrected chi connectivity index (χ0v) is 15.4. The average Bonchev–Trinajstić information content (AvgIpc) is 2.49. The maximum atomic E-state index is 12.7. The molecule has 3 nitrogen and oxygen atoms in total. The van der Waals surface area contributed by atoms with Crippen molar-refractivity contribution < 1.29 is 4.79 Å². The van der Waals surface area contributed by atoms with Gasteiger partial charge >= 0.3 is 0 Å². The lowest BCUT2D eigenvalue weighted by Crippen LogP contribution is -2.50. The molecule has 6 heteroatoms. The maximum absolute atomic E-state index is 12.7. The molecule has 0 unspecified atom stereocenters. The number of nitrogens with two attached hydrogens (primary N) is 1. The molecule has 1 aromatic carbocycles. The number of thioether (sulfide) groups is 1. The first kappa shape index (κ1) is 16.8. The highest BCUT2D eigenvalue weighted by atomic mass is 79.9. The number of hydrogen-bond acceptors (Lipinski definition) is 3. The van der Waals surface area contributed by atoms with E-state index in [1.54, 1.807) is 11.8 Å². The van der Waals surface area contributed by atoms with Crippen LogP contribution in [0, 0.1) is 6.92 Å². The predicted octanol–water partition coefficient (Wildman–Crippen LogP) is 3.38. The van der Waals surface area contributed by atoms with Crippen LogP contribution in [-0.4, -0.2) is 39.9 Å². The number of likely N-dealkylation sites (tertiary alicyclic amines) is 1. The Hall–Kier alpha value is -0.590. The van der Waals surface area contributed by atoms with E-state index in [4.69, 9.17) is 18.0 Å². The minimum Gasteiger partial charge on any atom is -0.392 e. The number of piperidine rings is 1. The van der Waals surface area contributed by atoms with Crippen molar-refractivity contribution in [3.8, 4) is 0 Å². The molecule has 1 fully saturated rings. The zero-order chi connectivity index (χ0) is 15.6. The van der Waals surface area contributed by atoms with Crippen molar-refractivity contribution in [1.82, 2.24) is 4.90 Å². The fraction of sp³-hybridized carbons (Fsp3) is 0.467. The van der Waals surface area contributed by atoms with Gasteiger partial charge in [0.1, 0.15) is 0 Å². The van der Waals surface area contributed by atoms with Gasteiger partial charge in [0.15, 0.2) is 0 Å². The van der Waals surface area contributed by atoms with Gasteiger partial charge in [-0.3, -0.25) is 4.79 Å². The first-order valence-electron chi connectivity index (χ1n) is 6.81. The van der Waals surface area contributed by atoms with Crippen molar-refractivity contribution >= 4 is 50.8 Å². The SMILES string of the molecule is CSC1(C(N)=S)CCN(C(=O)c2cccc(Br)c2C)CC1. The molecule has 1 saturated heterocycles. The van der Waals surface area contributed by atoms with Gasteiger partial charge in [-0.15, -0.1) is 0 Å². The number of carbonyl (C=O) groups excluding carboxylic acids is 1. The van der Waals surface area contributed by atoms with Crippen LogP contribution >= 0.6 is 39.9 Å². The third-order valence-electron chi connectivity index (χ3n) is 4.20. The highest BCUT2D eigenvalue weighted by Gasteiger charge is 2.38. The van der Waals surface area contributed by atoms with Gasteiger partial charge in [-0.2, -0.15) is 11.8 Å². The largest absolute Gasteiger partial charge is 0.392 e. The number of nitrogens with zero attached hydrogens (tertiary/aromatic N) is 1. The summed E-state index contributed by atoms with van der Waals surface area (Å²) in [6.45, 7) is 3.36. The van der Waals surface area contributed by atoms with Crippen molar-refractivity contribution in [1.29, 1.82) is 0 Å². The molecule has 2 N–H and O–H groups in total. The van der Waals surface area contributed by atoms with Gasteiger partial charge in [0.2, 0.25) is 0 Å². The molecule has 2 rings (SSSR count). The Kier molecular flexibility index (Phi) is 5.33. The monoisotopic (exact) mass is 386 g/mol. The minimum absolute atomic E-state index is 0.0893. The van der Waals surface area contributed by atoms with Gasteiger partial charge in [-0.1, -0.05) is 34.2 Å². The highest BCUT2D eigenvalue weighted by Crippen LogP contribution is 2.35. The Bertz CT molecular complexity index is 569. The number of halogens is 1. The molecule has 1 aliphatic heterocycles. The van der Waals surface area contributed by atoms with E-state index < -0.39 is 0 Å². The molecule has 0 aliphatic carbocycles. The Morgan fingerprint density at radius 3 is 2.57 bits per heavy atom. The lowest BCUT2D eigenvalue weighted by atomic mass is 9.94. The fourth-order valence-corrected chi connectivity index (χ4v) is 4.24. The van der Waals surface area contributed by atoms with E-state index in [2.05, 4.69) is 15.9 Å². The maximum Gasteiger partial charge on any atom is 0.254 e. The number of rotatable bonds is 3. The summed E-state index contributed by atoms with van der Waals surface area (Å²) in [5.41, 5.74) is 7.64. The lowest BCUT2D eigenvalue weighted by Gasteiger charge is -2.40. The molecule has 1 heterocycles. The van der Waals surface area contributed by atoms with Crippen molar-refractivity contribution in [3.63, 3.8) is 0 Å². The zero-order valence-electron chi connectivity index (χ0n) is 12.2. The van der Waals surface area contributed by atoms with Crippen LogP contribution in [0.5, 0.6) is 0 Å². The minimum atomic E-state index is -0.154. The van der Waals surface area contributed by atoms with E-state index >= 15 is 0 Å². The summed E-state index contributed by atoms with van der Waals surface area (Å²) < 4.78 is 0.810. The molecule has 1 aliphatic rings. The van der Waals surface area contributed by atoms with Crippen molar-refractivity contribution in [3.05, 3.63) is 33.8 Å². The van der Waals surface area contributed by atoms with E-state index in [0.717, 1.165) is 28.4 Å². The van der Waals surface area contributed by atoms with Crippen LogP contribution in [0.2, 0.25) is 0 Å². The summed E-state index contributed by atoms with van der Waals surface area (Å²) in [6, 6.07) is 5.73. The number of carbonyl (C=O) groups is 1. The molecule has 0 spiro atoms. The van der Waals surface area contributed by atoms with E-state index in [9.17, 15) is 4.79 Å². The summed E-state index contributed by atoms with van der Waals surface area (Å²) in [6.07, 6.45) is 3.68. The van der Waals surface area contributed by atoms with Crippen molar-refractivity contribution in [2.75, 3.05) is 19.3 Å². The topological polar surface area (TPSA) is 46.3 Å². The standard InChI is InChI=1S/C15H19BrN2OS2/c1-10-11(4-3-5-12(10)16)13(19)18-8-6-15(21-2,7-9-18)14(17)20/h3-5H,6-9H2,1-2H3,(H2,17,20). The summed E-state index contributed by atoms with van der Waals surface area (Å²) in [4.78, 5) is 15.1. The summed E-state index contributed by atoms with van der Waals surface area (Å²) >= 11 is 10.4.